The van der Waals surface area contributed by atoms with Crippen LogP contribution in [-0.4, -0.2) is 44.6 Å². The Hall–Kier alpha value is -3.74. The first kappa shape index (κ1) is 19.6. The monoisotopic (exact) mass is 401 g/mol. The van der Waals surface area contributed by atoms with E-state index < -0.39 is 0 Å². The third kappa shape index (κ3) is 4.81. The summed E-state index contributed by atoms with van der Waals surface area (Å²) in [5.74, 6) is 0.526. The fraction of sp³-hybridized carbons (Fsp3) is 0.217. The average molecular weight is 401 g/mol. The number of hydrogen-bond acceptors (Lipinski definition) is 4. The number of benzene rings is 1. The SMILES string of the molecule is O=C(Nc1ccc(-n2cccn2)nc1)C1CCN(C(=O)C=Cc2ccccc2)CC1. The quantitative estimate of drug-likeness (QED) is 0.666. The Labute approximate surface area is 175 Å². The Morgan fingerprint density at radius 3 is 2.50 bits per heavy atom. The molecule has 2 aromatic heterocycles. The first-order chi connectivity index (χ1) is 14.7. The van der Waals surface area contributed by atoms with Gasteiger partial charge < -0.3 is 10.2 Å². The van der Waals surface area contributed by atoms with Gasteiger partial charge in [0.25, 0.3) is 0 Å². The molecule has 1 N–H and O–H groups in total. The van der Waals surface area contributed by atoms with Gasteiger partial charge >= 0.3 is 0 Å². The molecular weight excluding hydrogens is 378 g/mol. The smallest absolute Gasteiger partial charge is 0.246 e. The molecular formula is C23H23N5O2. The van der Waals surface area contributed by atoms with E-state index in [9.17, 15) is 9.59 Å². The minimum Gasteiger partial charge on any atom is -0.339 e. The number of nitrogens with one attached hydrogen (secondary N) is 1. The molecule has 0 saturated carbocycles. The van der Waals surface area contributed by atoms with Gasteiger partial charge in [0.2, 0.25) is 11.8 Å². The van der Waals surface area contributed by atoms with Crippen LogP contribution in [0.3, 0.4) is 0 Å². The highest BCUT2D eigenvalue weighted by Gasteiger charge is 2.26. The Morgan fingerprint density at radius 2 is 1.83 bits per heavy atom. The Bertz CT molecular complexity index is 1010. The minimum atomic E-state index is -0.113. The number of likely N-dealkylation sites (tertiary alicyclic amines) is 1. The predicted molar refractivity (Wildman–Crippen MR) is 115 cm³/mol. The topological polar surface area (TPSA) is 80.1 Å². The lowest BCUT2D eigenvalue weighted by Gasteiger charge is -2.30. The van der Waals surface area contributed by atoms with Crippen LogP contribution in [0.15, 0.2) is 73.2 Å². The molecule has 3 heterocycles. The molecule has 0 aliphatic carbocycles. The Kier molecular flexibility index (Phi) is 5.98. The number of anilines is 1. The van der Waals surface area contributed by atoms with Crippen molar-refractivity contribution < 1.29 is 9.59 Å². The summed E-state index contributed by atoms with van der Waals surface area (Å²) in [4.78, 5) is 31.1. The van der Waals surface area contributed by atoms with Crippen molar-refractivity contribution in [2.24, 2.45) is 5.92 Å². The summed E-state index contributed by atoms with van der Waals surface area (Å²) in [6, 6.07) is 15.2. The third-order valence-electron chi connectivity index (χ3n) is 5.15. The summed E-state index contributed by atoms with van der Waals surface area (Å²) in [7, 11) is 0. The van der Waals surface area contributed by atoms with Crippen molar-refractivity contribution in [3.63, 3.8) is 0 Å². The lowest BCUT2D eigenvalue weighted by Crippen LogP contribution is -2.40. The number of hydrogen-bond donors (Lipinski definition) is 1. The molecule has 0 atom stereocenters. The van der Waals surface area contributed by atoms with Crippen molar-refractivity contribution in [1.29, 1.82) is 0 Å². The van der Waals surface area contributed by atoms with Gasteiger partial charge in [0.05, 0.1) is 11.9 Å². The normalized spacial score (nSPS) is 14.7. The highest BCUT2D eigenvalue weighted by Crippen LogP contribution is 2.20. The maximum atomic E-state index is 12.6. The molecule has 7 heteroatoms. The molecule has 30 heavy (non-hydrogen) atoms. The zero-order valence-corrected chi connectivity index (χ0v) is 16.5. The van der Waals surface area contributed by atoms with E-state index in [4.69, 9.17) is 0 Å². The summed E-state index contributed by atoms with van der Waals surface area (Å²) >= 11 is 0. The van der Waals surface area contributed by atoms with Crippen molar-refractivity contribution in [1.82, 2.24) is 19.7 Å². The van der Waals surface area contributed by atoms with Crippen LogP contribution in [-0.2, 0) is 9.59 Å². The number of carbonyl (C=O) groups is 2. The van der Waals surface area contributed by atoms with Gasteiger partial charge in [-0.15, -0.1) is 0 Å². The van der Waals surface area contributed by atoms with Crippen LogP contribution in [0.5, 0.6) is 0 Å². The highest BCUT2D eigenvalue weighted by molar-refractivity contribution is 5.94. The van der Waals surface area contributed by atoms with Crippen molar-refractivity contribution in [3.8, 4) is 5.82 Å². The van der Waals surface area contributed by atoms with Crippen LogP contribution in [0.2, 0.25) is 0 Å². The van der Waals surface area contributed by atoms with E-state index >= 15 is 0 Å². The van der Waals surface area contributed by atoms with Gasteiger partial charge in [-0.25, -0.2) is 9.67 Å². The second kappa shape index (κ2) is 9.17. The summed E-state index contributed by atoms with van der Waals surface area (Å²) in [6.45, 7) is 1.15. The summed E-state index contributed by atoms with van der Waals surface area (Å²) in [5, 5.41) is 7.06. The predicted octanol–water partition coefficient (Wildman–Crippen LogP) is 3.16. The van der Waals surface area contributed by atoms with Crippen molar-refractivity contribution in [3.05, 3.63) is 78.8 Å². The van der Waals surface area contributed by atoms with Gasteiger partial charge in [0.1, 0.15) is 0 Å². The fourth-order valence-electron chi connectivity index (χ4n) is 3.44. The number of rotatable bonds is 5. The third-order valence-corrected chi connectivity index (χ3v) is 5.15. The largest absolute Gasteiger partial charge is 0.339 e. The van der Waals surface area contributed by atoms with Crippen molar-refractivity contribution >= 4 is 23.6 Å². The molecule has 3 aromatic rings. The number of carbonyl (C=O) groups excluding carboxylic acids is 2. The van der Waals surface area contributed by atoms with Gasteiger partial charge in [0.15, 0.2) is 5.82 Å². The Morgan fingerprint density at radius 1 is 1.03 bits per heavy atom. The molecule has 1 aromatic carbocycles. The molecule has 0 spiro atoms. The van der Waals surface area contributed by atoms with Crippen LogP contribution in [0.25, 0.3) is 11.9 Å². The minimum absolute atomic E-state index is 0.0175. The number of nitrogens with zero attached hydrogens (tertiary/aromatic N) is 4. The van der Waals surface area contributed by atoms with Crippen LogP contribution in [0.1, 0.15) is 18.4 Å². The summed E-state index contributed by atoms with van der Waals surface area (Å²) in [6.07, 6.45) is 9.84. The molecule has 7 nitrogen and oxygen atoms in total. The molecule has 1 aliphatic rings. The average Bonchev–Trinajstić information content (AvgIpc) is 3.34. The molecule has 4 rings (SSSR count). The first-order valence-electron chi connectivity index (χ1n) is 9.98. The van der Waals surface area contributed by atoms with Gasteiger partial charge in [-0.1, -0.05) is 30.3 Å². The van der Waals surface area contributed by atoms with Crippen molar-refractivity contribution in [2.45, 2.75) is 12.8 Å². The van der Waals surface area contributed by atoms with Crippen LogP contribution >= 0.6 is 0 Å². The van der Waals surface area contributed by atoms with Gasteiger partial charge in [-0.2, -0.15) is 5.10 Å². The molecule has 0 unspecified atom stereocenters. The van der Waals surface area contributed by atoms with Crippen LogP contribution in [0, 0.1) is 5.92 Å². The second-order valence-corrected chi connectivity index (χ2v) is 7.19. The van der Waals surface area contributed by atoms with E-state index in [1.165, 1.54) is 0 Å². The molecule has 1 saturated heterocycles. The maximum Gasteiger partial charge on any atom is 0.246 e. The highest BCUT2D eigenvalue weighted by atomic mass is 16.2. The van der Waals surface area contributed by atoms with E-state index in [0.717, 1.165) is 5.56 Å². The lowest BCUT2D eigenvalue weighted by molar-refractivity contribution is -0.130. The second-order valence-electron chi connectivity index (χ2n) is 7.19. The number of pyridine rings is 1. The number of aromatic nitrogens is 3. The van der Waals surface area contributed by atoms with E-state index in [0.29, 0.717) is 37.4 Å². The Balaban J connectivity index is 1.27. The van der Waals surface area contributed by atoms with Gasteiger partial charge in [-0.05, 0) is 42.7 Å². The lowest BCUT2D eigenvalue weighted by atomic mass is 9.95. The summed E-state index contributed by atoms with van der Waals surface area (Å²) < 4.78 is 1.66. The fourth-order valence-corrected chi connectivity index (χ4v) is 3.44. The molecule has 0 radical (unpaired) electrons. The first-order valence-corrected chi connectivity index (χ1v) is 9.98. The maximum absolute atomic E-state index is 12.6. The number of amides is 2. The van der Waals surface area contributed by atoms with E-state index in [-0.39, 0.29) is 17.7 Å². The standard InChI is InChI=1S/C23H23N5O2/c29-22(10-7-18-5-2-1-3-6-18)27-15-11-19(12-16-27)23(30)26-20-8-9-21(24-17-20)28-14-4-13-25-28/h1-10,13-14,17,19H,11-12,15-16H2,(H,26,30). The number of piperidine rings is 1. The van der Waals surface area contributed by atoms with Crippen LogP contribution < -0.4 is 5.32 Å². The molecule has 1 fully saturated rings. The molecule has 1 aliphatic heterocycles. The van der Waals surface area contributed by atoms with E-state index in [1.54, 1.807) is 28.1 Å². The van der Waals surface area contributed by atoms with Crippen LogP contribution in [0.4, 0.5) is 5.69 Å². The molecule has 2 amide bonds. The van der Waals surface area contributed by atoms with Gasteiger partial charge in [-0.3, -0.25) is 9.59 Å². The van der Waals surface area contributed by atoms with Crippen molar-refractivity contribution in [2.75, 3.05) is 18.4 Å². The van der Waals surface area contributed by atoms with E-state index in [1.807, 2.05) is 60.8 Å². The van der Waals surface area contributed by atoms with Gasteiger partial charge in [0, 0.05) is 37.5 Å². The molecule has 152 valence electrons. The zero-order chi connectivity index (χ0) is 20.8. The molecule has 0 bridgehead atoms. The summed E-state index contributed by atoms with van der Waals surface area (Å²) in [5.41, 5.74) is 1.65. The zero-order valence-electron chi connectivity index (χ0n) is 16.5. The van der Waals surface area contributed by atoms with E-state index in [2.05, 4.69) is 15.4 Å².